The molecule has 0 aliphatic carbocycles. The molecular formula is C20H19ClN2O2. The molecule has 0 radical (unpaired) electrons. The van der Waals surface area contributed by atoms with E-state index in [-0.39, 0.29) is 12.2 Å². The Kier molecular flexibility index (Phi) is 4.02. The number of nitrogens with zero attached hydrogens (tertiary/aromatic N) is 1. The Morgan fingerprint density at radius 2 is 1.84 bits per heavy atom. The van der Waals surface area contributed by atoms with Crippen molar-refractivity contribution in [3.63, 3.8) is 0 Å². The lowest BCUT2D eigenvalue weighted by atomic mass is 9.94. The second-order valence-corrected chi connectivity index (χ2v) is 6.89. The van der Waals surface area contributed by atoms with Crippen molar-refractivity contribution in [3.05, 3.63) is 82.1 Å². The molecule has 1 saturated heterocycles. The highest BCUT2D eigenvalue weighted by Crippen LogP contribution is 2.43. The molecule has 0 bridgehead atoms. The van der Waals surface area contributed by atoms with Crippen LogP contribution >= 0.6 is 11.6 Å². The fourth-order valence-corrected chi connectivity index (χ4v) is 3.77. The summed E-state index contributed by atoms with van der Waals surface area (Å²) in [7, 11) is 0. The predicted octanol–water partition coefficient (Wildman–Crippen LogP) is 3.28. The minimum absolute atomic E-state index is 0.0714. The summed E-state index contributed by atoms with van der Waals surface area (Å²) in [6.07, 6.45) is 1.18. The van der Waals surface area contributed by atoms with Crippen molar-refractivity contribution >= 4 is 17.4 Å². The van der Waals surface area contributed by atoms with Crippen molar-refractivity contribution < 1.29 is 9.90 Å². The number of benzene rings is 2. The molecule has 2 heterocycles. The van der Waals surface area contributed by atoms with E-state index in [4.69, 9.17) is 11.6 Å². The van der Waals surface area contributed by atoms with Gasteiger partial charge in [0.2, 0.25) is 0 Å². The van der Waals surface area contributed by atoms with Gasteiger partial charge in [-0.25, -0.2) is 0 Å². The van der Waals surface area contributed by atoms with Crippen LogP contribution in [0.4, 0.5) is 0 Å². The lowest BCUT2D eigenvalue weighted by Crippen LogP contribution is -2.48. The largest absolute Gasteiger partial charge is 0.371 e. The number of nitrogens with one attached hydrogen (secondary N) is 1. The third kappa shape index (κ3) is 2.71. The molecule has 1 atom stereocenters. The lowest BCUT2D eigenvalue weighted by molar-refractivity contribution is -0.0895. The quantitative estimate of drug-likeness (QED) is 0.831. The van der Waals surface area contributed by atoms with Gasteiger partial charge in [0.1, 0.15) is 5.82 Å². The number of rotatable bonds is 3. The van der Waals surface area contributed by atoms with Gasteiger partial charge >= 0.3 is 0 Å². The van der Waals surface area contributed by atoms with E-state index < -0.39 is 5.72 Å². The van der Waals surface area contributed by atoms with Crippen LogP contribution in [0.1, 0.15) is 28.8 Å². The Morgan fingerprint density at radius 3 is 2.56 bits per heavy atom. The van der Waals surface area contributed by atoms with Gasteiger partial charge < -0.3 is 15.3 Å². The van der Waals surface area contributed by atoms with E-state index in [0.29, 0.717) is 22.7 Å². The molecule has 2 aliphatic heterocycles. The number of carbonyl (C=O) groups is 1. The molecule has 4 rings (SSSR count). The Morgan fingerprint density at radius 1 is 1.12 bits per heavy atom. The Balaban J connectivity index is 1.74. The Bertz CT molecular complexity index is 833. The number of ketones is 1. The van der Waals surface area contributed by atoms with Crippen molar-refractivity contribution in [3.8, 4) is 0 Å². The van der Waals surface area contributed by atoms with Gasteiger partial charge in [0.05, 0.1) is 0 Å². The number of Topliss-reactive ketones (excluding diaryl/α,β-unsaturated/α-hetero) is 1. The number of aliphatic hydroxyl groups is 1. The molecule has 0 spiro atoms. The van der Waals surface area contributed by atoms with Crippen LogP contribution in [0, 0.1) is 0 Å². The van der Waals surface area contributed by atoms with E-state index in [1.54, 1.807) is 24.3 Å². The topological polar surface area (TPSA) is 52.6 Å². The minimum Gasteiger partial charge on any atom is -0.371 e. The number of hydrogen-bond donors (Lipinski definition) is 2. The van der Waals surface area contributed by atoms with Crippen LogP contribution in [0.2, 0.25) is 5.02 Å². The predicted molar refractivity (Wildman–Crippen MR) is 97.1 cm³/mol. The third-order valence-electron chi connectivity index (χ3n) is 4.89. The normalized spacial score (nSPS) is 22.6. The SMILES string of the molecule is O=C(C1=C2NCCCN2C(O)(c2ccccc2)C1)c1ccc(Cl)cc1. The molecule has 5 heteroatoms. The van der Waals surface area contributed by atoms with Crippen LogP contribution in [-0.2, 0) is 5.72 Å². The summed E-state index contributed by atoms with van der Waals surface area (Å²) in [5.74, 6) is 0.676. The average molecular weight is 355 g/mol. The Hall–Kier alpha value is -2.30. The van der Waals surface area contributed by atoms with Gasteiger partial charge in [-0.3, -0.25) is 4.79 Å². The molecule has 0 aromatic heterocycles. The molecule has 2 N–H and O–H groups in total. The fraction of sp³-hybridized carbons (Fsp3) is 0.250. The molecule has 2 aromatic rings. The molecule has 25 heavy (non-hydrogen) atoms. The second kappa shape index (κ2) is 6.21. The van der Waals surface area contributed by atoms with E-state index in [9.17, 15) is 9.90 Å². The van der Waals surface area contributed by atoms with Crippen LogP contribution in [0.25, 0.3) is 0 Å². The van der Waals surface area contributed by atoms with Crippen LogP contribution in [-0.4, -0.2) is 28.9 Å². The van der Waals surface area contributed by atoms with Crippen LogP contribution in [0.5, 0.6) is 0 Å². The van der Waals surface area contributed by atoms with Gasteiger partial charge in [-0.1, -0.05) is 41.9 Å². The van der Waals surface area contributed by atoms with Crippen molar-refractivity contribution in [1.29, 1.82) is 0 Å². The number of fused-ring (bicyclic) bond motifs is 1. The highest BCUT2D eigenvalue weighted by molar-refractivity contribution is 6.30. The number of hydrogen-bond acceptors (Lipinski definition) is 4. The van der Waals surface area contributed by atoms with Crippen molar-refractivity contribution in [2.24, 2.45) is 0 Å². The number of carbonyl (C=O) groups excluding carboxylic acids is 1. The van der Waals surface area contributed by atoms with E-state index in [0.717, 1.165) is 24.4 Å². The van der Waals surface area contributed by atoms with Gasteiger partial charge in [0.25, 0.3) is 0 Å². The zero-order valence-electron chi connectivity index (χ0n) is 13.7. The first-order valence-electron chi connectivity index (χ1n) is 8.42. The summed E-state index contributed by atoms with van der Waals surface area (Å²) in [4.78, 5) is 15.0. The van der Waals surface area contributed by atoms with Gasteiger partial charge in [0, 0.05) is 41.2 Å². The van der Waals surface area contributed by atoms with E-state index in [1.165, 1.54) is 0 Å². The van der Waals surface area contributed by atoms with Crippen molar-refractivity contribution in [2.75, 3.05) is 13.1 Å². The lowest BCUT2D eigenvalue weighted by Gasteiger charge is -2.40. The average Bonchev–Trinajstić information content (AvgIpc) is 2.97. The summed E-state index contributed by atoms with van der Waals surface area (Å²) < 4.78 is 0. The summed E-state index contributed by atoms with van der Waals surface area (Å²) in [6, 6.07) is 16.4. The maximum atomic E-state index is 13.1. The molecule has 0 amide bonds. The van der Waals surface area contributed by atoms with Gasteiger partial charge in [-0.05, 0) is 30.7 Å². The first kappa shape index (κ1) is 16.2. The molecular weight excluding hydrogens is 336 g/mol. The molecule has 1 fully saturated rings. The maximum absolute atomic E-state index is 13.1. The summed E-state index contributed by atoms with van der Waals surface area (Å²) in [6.45, 7) is 1.51. The molecule has 1 unspecified atom stereocenters. The van der Waals surface area contributed by atoms with Gasteiger partial charge in [-0.2, -0.15) is 0 Å². The first-order chi connectivity index (χ1) is 12.1. The van der Waals surface area contributed by atoms with Gasteiger partial charge in [-0.15, -0.1) is 0 Å². The first-order valence-corrected chi connectivity index (χ1v) is 8.80. The zero-order valence-corrected chi connectivity index (χ0v) is 14.5. The monoisotopic (exact) mass is 354 g/mol. The smallest absolute Gasteiger partial charge is 0.192 e. The number of halogens is 1. The fourth-order valence-electron chi connectivity index (χ4n) is 3.64. The molecule has 128 valence electrons. The molecule has 0 saturated carbocycles. The Labute approximate surface area is 151 Å². The van der Waals surface area contributed by atoms with Crippen molar-refractivity contribution in [2.45, 2.75) is 18.6 Å². The molecule has 2 aromatic carbocycles. The highest BCUT2D eigenvalue weighted by Gasteiger charge is 2.47. The van der Waals surface area contributed by atoms with Crippen molar-refractivity contribution in [1.82, 2.24) is 10.2 Å². The van der Waals surface area contributed by atoms with Crippen LogP contribution < -0.4 is 5.32 Å². The standard InChI is InChI=1S/C20H19ClN2O2/c21-16-9-7-14(8-10-16)18(24)17-13-20(25,15-5-2-1-3-6-15)23-12-4-11-22-19(17)23/h1-3,5-10,22,25H,4,11-13H2. The molecule has 2 aliphatic rings. The minimum atomic E-state index is -1.19. The maximum Gasteiger partial charge on any atom is 0.192 e. The molecule has 4 nitrogen and oxygen atoms in total. The van der Waals surface area contributed by atoms with E-state index in [1.807, 2.05) is 35.2 Å². The summed E-state index contributed by atoms with van der Waals surface area (Å²) in [5, 5.41) is 15.4. The van der Waals surface area contributed by atoms with Crippen LogP contribution in [0.3, 0.4) is 0 Å². The van der Waals surface area contributed by atoms with Crippen LogP contribution in [0.15, 0.2) is 66.0 Å². The summed E-state index contributed by atoms with van der Waals surface area (Å²) in [5.41, 5.74) is 0.807. The third-order valence-corrected chi connectivity index (χ3v) is 5.15. The second-order valence-electron chi connectivity index (χ2n) is 6.45. The summed E-state index contributed by atoms with van der Waals surface area (Å²) >= 11 is 5.93. The zero-order chi connectivity index (χ0) is 17.4. The van der Waals surface area contributed by atoms with Gasteiger partial charge in [0.15, 0.2) is 11.5 Å². The highest BCUT2D eigenvalue weighted by atomic mass is 35.5. The van der Waals surface area contributed by atoms with E-state index in [2.05, 4.69) is 5.32 Å². The van der Waals surface area contributed by atoms with E-state index >= 15 is 0 Å².